The van der Waals surface area contributed by atoms with Crippen molar-refractivity contribution < 1.29 is 9.21 Å². The summed E-state index contributed by atoms with van der Waals surface area (Å²) in [4.78, 5) is 16.8. The summed E-state index contributed by atoms with van der Waals surface area (Å²) < 4.78 is 5.50. The average molecular weight is 265 g/mol. The van der Waals surface area contributed by atoms with Crippen LogP contribution in [0.5, 0.6) is 0 Å². The molecule has 1 amide bonds. The lowest BCUT2D eigenvalue weighted by Crippen LogP contribution is -2.50. The van der Waals surface area contributed by atoms with E-state index in [0.29, 0.717) is 0 Å². The highest BCUT2D eigenvalue weighted by Crippen LogP contribution is 2.24. The number of rotatable bonds is 5. The zero-order valence-corrected chi connectivity index (χ0v) is 11.8. The summed E-state index contributed by atoms with van der Waals surface area (Å²) in [7, 11) is 0. The number of nitrogens with one attached hydrogen (secondary N) is 1. The molecule has 19 heavy (non-hydrogen) atoms. The molecule has 2 heterocycles. The Kier molecular flexibility index (Phi) is 4.99. The SMILES string of the molecule is CCN(CC)C(=O)C(c1ccco1)N1CCNCC1. The van der Waals surface area contributed by atoms with E-state index in [1.54, 1.807) is 6.26 Å². The van der Waals surface area contributed by atoms with Crippen LogP contribution < -0.4 is 5.32 Å². The molecule has 1 fully saturated rings. The number of hydrogen-bond acceptors (Lipinski definition) is 4. The summed E-state index contributed by atoms with van der Waals surface area (Å²) >= 11 is 0. The van der Waals surface area contributed by atoms with E-state index in [0.717, 1.165) is 45.0 Å². The van der Waals surface area contributed by atoms with Gasteiger partial charge in [0.2, 0.25) is 5.91 Å². The fourth-order valence-corrected chi connectivity index (χ4v) is 2.55. The largest absolute Gasteiger partial charge is 0.467 e. The zero-order valence-electron chi connectivity index (χ0n) is 11.8. The third-order valence-corrected chi connectivity index (χ3v) is 3.64. The molecule has 1 aromatic heterocycles. The highest BCUT2D eigenvalue weighted by atomic mass is 16.3. The zero-order chi connectivity index (χ0) is 13.7. The second-order valence-corrected chi connectivity index (χ2v) is 4.71. The summed E-state index contributed by atoms with van der Waals surface area (Å²) in [6, 6.07) is 3.46. The molecular weight excluding hydrogens is 242 g/mol. The van der Waals surface area contributed by atoms with E-state index >= 15 is 0 Å². The quantitative estimate of drug-likeness (QED) is 0.866. The minimum Gasteiger partial charge on any atom is -0.467 e. The fraction of sp³-hybridized carbons (Fsp3) is 0.643. The Balaban J connectivity index is 2.21. The summed E-state index contributed by atoms with van der Waals surface area (Å²) in [5.41, 5.74) is 0. The summed E-state index contributed by atoms with van der Waals surface area (Å²) in [5, 5.41) is 3.31. The first-order valence-electron chi connectivity index (χ1n) is 7.04. The van der Waals surface area contributed by atoms with Gasteiger partial charge < -0.3 is 14.6 Å². The summed E-state index contributed by atoms with van der Waals surface area (Å²) in [6.07, 6.45) is 1.64. The van der Waals surface area contributed by atoms with E-state index in [1.165, 1.54) is 0 Å². The van der Waals surface area contributed by atoms with Gasteiger partial charge in [0.25, 0.3) is 0 Å². The Labute approximate surface area is 114 Å². The number of nitrogens with zero attached hydrogens (tertiary/aromatic N) is 2. The molecule has 106 valence electrons. The minimum atomic E-state index is -0.281. The molecule has 2 rings (SSSR count). The molecule has 0 radical (unpaired) electrons. The van der Waals surface area contributed by atoms with Gasteiger partial charge in [-0.2, -0.15) is 0 Å². The number of carbonyl (C=O) groups is 1. The first kappa shape index (κ1) is 14.1. The van der Waals surface area contributed by atoms with Gasteiger partial charge in [-0.15, -0.1) is 0 Å². The van der Waals surface area contributed by atoms with Crippen molar-refractivity contribution in [1.82, 2.24) is 15.1 Å². The van der Waals surface area contributed by atoms with Crippen LogP contribution in [0.1, 0.15) is 25.6 Å². The number of furan rings is 1. The number of hydrogen-bond donors (Lipinski definition) is 1. The predicted octanol–water partition coefficient (Wildman–Crippen LogP) is 1.09. The molecule has 5 heteroatoms. The van der Waals surface area contributed by atoms with Gasteiger partial charge in [0, 0.05) is 39.3 Å². The second kappa shape index (κ2) is 6.73. The molecule has 0 spiro atoms. The lowest BCUT2D eigenvalue weighted by atomic mass is 10.1. The van der Waals surface area contributed by atoms with Crippen molar-refractivity contribution >= 4 is 5.91 Å². The Morgan fingerprint density at radius 1 is 1.42 bits per heavy atom. The number of piperazine rings is 1. The van der Waals surface area contributed by atoms with Crippen LogP contribution in [0.3, 0.4) is 0 Å². The third-order valence-electron chi connectivity index (χ3n) is 3.64. The summed E-state index contributed by atoms with van der Waals surface area (Å²) in [5.74, 6) is 0.889. The maximum Gasteiger partial charge on any atom is 0.247 e. The molecular formula is C14H23N3O2. The van der Waals surface area contributed by atoms with Gasteiger partial charge in [-0.25, -0.2) is 0 Å². The predicted molar refractivity (Wildman–Crippen MR) is 73.8 cm³/mol. The normalized spacial score (nSPS) is 18.2. The van der Waals surface area contributed by atoms with E-state index < -0.39 is 0 Å². The first-order chi connectivity index (χ1) is 9.27. The highest BCUT2D eigenvalue weighted by Gasteiger charge is 2.33. The van der Waals surface area contributed by atoms with Gasteiger partial charge in [0.15, 0.2) is 0 Å². The van der Waals surface area contributed by atoms with Crippen LogP contribution in [0.4, 0.5) is 0 Å². The maximum absolute atomic E-state index is 12.7. The molecule has 1 atom stereocenters. The Bertz CT molecular complexity index is 381. The first-order valence-corrected chi connectivity index (χ1v) is 7.04. The average Bonchev–Trinajstić information content (AvgIpc) is 2.95. The summed E-state index contributed by atoms with van der Waals surface area (Å²) in [6.45, 7) is 9.08. The van der Waals surface area contributed by atoms with Crippen LogP contribution in [0, 0.1) is 0 Å². The number of carbonyl (C=O) groups excluding carboxylic acids is 1. The van der Waals surface area contributed by atoms with Gasteiger partial charge in [-0.3, -0.25) is 9.69 Å². The molecule has 1 aromatic rings. The van der Waals surface area contributed by atoms with Crippen LogP contribution in [0.25, 0.3) is 0 Å². The van der Waals surface area contributed by atoms with Crippen molar-refractivity contribution in [3.8, 4) is 0 Å². The molecule has 0 saturated carbocycles. The molecule has 0 aromatic carbocycles. The van der Waals surface area contributed by atoms with Crippen molar-refractivity contribution in [2.45, 2.75) is 19.9 Å². The van der Waals surface area contributed by atoms with Crippen LogP contribution in [-0.2, 0) is 4.79 Å². The van der Waals surface area contributed by atoms with Crippen LogP contribution in [0.15, 0.2) is 22.8 Å². The number of likely N-dealkylation sites (N-methyl/N-ethyl adjacent to an activating group) is 1. The highest BCUT2D eigenvalue weighted by molar-refractivity contribution is 5.82. The van der Waals surface area contributed by atoms with Gasteiger partial charge in [-0.1, -0.05) is 0 Å². The fourth-order valence-electron chi connectivity index (χ4n) is 2.55. The molecule has 1 N–H and O–H groups in total. The monoisotopic (exact) mass is 265 g/mol. The molecule has 1 aliphatic heterocycles. The van der Waals surface area contributed by atoms with Crippen LogP contribution >= 0.6 is 0 Å². The maximum atomic E-state index is 12.7. The van der Waals surface area contributed by atoms with E-state index in [2.05, 4.69) is 10.2 Å². The van der Waals surface area contributed by atoms with Gasteiger partial charge >= 0.3 is 0 Å². The Hall–Kier alpha value is -1.33. The van der Waals surface area contributed by atoms with E-state index in [4.69, 9.17) is 4.42 Å². The molecule has 0 bridgehead atoms. The van der Waals surface area contributed by atoms with Gasteiger partial charge in [-0.05, 0) is 26.0 Å². The Morgan fingerprint density at radius 2 is 2.11 bits per heavy atom. The smallest absolute Gasteiger partial charge is 0.247 e. The van der Waals surface area contributed by atoms with Crippen molar-refractivity contribution in [2.75, 3.05) is 39.3 Å². The third kappa shape index (κ3) is 3.16. The minimum absolute atomic E-state index is 0.141. The molecule has 1 aliphatic rings. The molecule has 5 nitrogen and oxygen atoms in total. The standard InChI is InChI=1S/C14H23N3O2/c1-3-16(4-2)14(18)13(12-6-5-11-19-12)17-9-7-15-8-10-17/h5-6,11,13,15H,3-4,7-10H2,1-2H3. The number of amides is 1. The van der Waals surface area contributed by atoms with Crippen molar-refractivity contribution in [3.05, 3.63) is 24.2 Å². The molecule has 0 aliphatic carbocycles. The Morgan fingerprint density at radius 3 is 2.63 bits per heavy atom. The van der Waals surface area contributed by atoms with Gasteiger partial charge in [0.05, 0.1) is 6.26 Å². The van der Waals surface area contributed by atoms with Crippen molar-refractivity contribution in [2.24, 2.45) is 0 Å². The van der Waals surface area contributed by atoms with Crippen molar-refractivity contribution in [1.29, 1.82) is 0 Å². The van der Waals surface area contributed by atoms with Crippen LogP contribution in [0.2, 0.25) is 0 Å². The molecule has 1 unspecified atom stereocenters. The topological polar surface area (TPSA) is 48.7 Å². The van der Waals surface area contributed by atoms with E-state index in [9.17, 15) is 4.79 Å². The lowest BCUT2D eigenvalue weighted by molar-refractivity contribution is -0.137. The molecule has 1 saturated heterocycles. The van der Waals surface area contributed by atoms with Gasteiger partial charge in [0.1, 0.15) is 11.8 Å². The van der Waals surface area contributed by atoms with Crippen molar-refractivity contribution in [3.63, 3.8) is 0 Å². The van der Waals surface area contributed by atoms with E-state index in [-0.39, 0.29) is 11.9 Å². The van der Waals surface area contributed by atoms with Crippen LogP contribution in [-0.4, -0.2) is 55.0 Å². The lowest BCUT2D eigenvalue weighted by Gasteiger charge is -2.35. The van der Waals surface area contributed by atoms with E-state index in [1.807, 2.05) is 30.9 Å². The second-order valence-electron chi connectivity index (χ2n) is 4.71.